The molecule has 2 aromatic rings. The van der Waals surface area contributed by atoms with Crippen molar-refractivity contribution in [3.05, 3.63) is 29.5 Å². The Bertz CT molecular complexity index is 1030. The molecular formula is C28H41N3O4. The first kappa shape index (κ1) is 23.7. The van der Waals surface area contributed by atoms with Gasteiger partial charge in [0.15, 0.2) is 0 Å². The zero-order chi connectivity index (χ0) is 24.0. The van der Waals surface area contributed by atoms with Gasteiger partial charge in [0.25, 0.3) is 0 Å². The molecule has 35 heavy (non-hydrogen) atoms. The van der Waals surface area contributed by atoms with Crippen LogP contribution in [0.2, 0.25) is 0 Å². The third kappa shape index (κ3) is 4.19. The lowest BCUT2D eigenvalue weighted by Gasteiger charge is -2.57. The number of likely N-dealkylation sites (tertiary alicyclic amines) is 1. The van der Waals surface area contributed by atoms with E-state index in [-0.39, 0.29) is 18.1 Å². The van der Waals surface area contributed by atoms with Crippen LogP contribution < -0.4 is 4.74 Å². The van der Waals surface area contributed by atoms with Gasteiger partial charge in [0.1, 0.15) is 5.75 Å². The van der Waals surface area contributed by atoms with Crippen molar-refractivity contribution in [1.29, 1.82) is 0 Å². The van der Waals surface area contributed by atoms with Crippen LogP contribution in [0.4, 0.5) is 0 Å². The van der Waals surface area contributed by atoms with Crippen molar-refractivity contribution in [3.8, 4) is 5.75 Å². The molecule has 1 aromatic carbocycles. The van der Waals surface area contributed by atoms with Crippen LogP contribution in [-0.4, -0.2) is 92.3 Å². The Kier molecular flexibility index (Phi) is 6.56. The van der Waals surface area contributed by atoms with Crippen LogP contribution in [0.1, 0.15) is 43.0 Å². The Hall–Kier alpha value is -1.64. The lowest BCUT2D eigenvalue weighted by Crippen LogP contribution is -2.67. The molecule has 4 aliphatic heterocycles. The van der Waals surface area contributed by atoms with Crippen molar-refractivity contribution in [3.63, 3.8) is 0 Å². The van der Waals surface area contributed by atoms with Gasteiger partial charge in [-0.1, -0.05) is 0 Å². The molecule has 0 saturated carbocycles. The molecule has 0 radical (unpaired) electrons. The van der Waals surface area contributed by atoms with Gasteiger partial charge in [-0.15, -0.1) is 0 Å². The number of aliphatic hydroxyl groups excluding tert-OH is 1. The summed E-state index contributed by atoms with van der Waals surface area (Å²) in [6.07, 6.45) is 4.62. The number of aromatic nitrogens is 1. The minimum absolute atomic E-state index is 0.0337. The fraction of sp³-hybridized carbons (Fsp3) is 0.714. The first-order valence-corrected chi connectivity index (χ1v) is 13.5. The van der Waals surface area contributed by atoms with E-state index >= 15 is 0 Å². The Morgan fingerprint density at radius 2 is 1.63 bits per heavy atom. The molecule has 1 spiro atoms. The molecule has 7 heteroatoms. The van der Waals surface area contributed by atoms with Gasteiger partial charge in [0, 0.05) is 88.8 Å². The standard InChI is InChI=1S/C28H41N3O4/c1-29-24-13-22(33-2)3-4-23(24)26-27(29)25(16-32)31(15-21-7-11-35-12-8-21)19-28(26)17-30(18-28)14-20-5-9-34-10-6-20/h3-4,13,20-21,25,32H,5-12,14-19H2,1-2H3/t25-/m1/s1. The Morgan fingerprint density at radius 1 is 0.971 bits per heavy atom. The number of nitrogens with zero attached hydrogens (tertiary/aromatic N) is 3. The van der Waals surface area contributed by atoms with Gasteiger partial charge in [0.05, 0.1) is 25.3 Å². The largest absolute Gasteiger partial charge is 0.497 e. The number of ether oxygens (including phenoxy) is 3. The average Bonchev–Trinajstić information content (AvgIpc) is 3.16. The number of aryl methyl sites for hydroxylation is 1. The van der Waals surface area contributed by atoms with Crippen LogP contribution in [0.25, 0.3) is 10.9 Å². The lowest BCUT2D eigenvalue weighted by atomic mass is 9.68. The van der Waals surface area contributed by atoms with Crippen molar-refractivity contribution in [2.45, 2.75) is 37.1 Å². The monoisotopic (exact) mass is 483 g/mol. The van der Waals surface area contributed by atoms with E-state index in [0.29, 0.717) is 5.92 Å². The van der Waals surface area contributed by atoms with Crippen LogP contribution >= 0.6 is 0 Å². The minimum atomic E-state index is 0.0337. The molecule has 6 rings (SSSR count). The van der Waals surface area contributed by atoms with E-state index in [2.05, 4.69) is 39.6 Å². The number of aliphatic hydroxyl groups is 1. The summed E-state index contributed by atoms with van der Waals surface area (Å²) in [5.74, 6) is 2.29. The summed E-state index contributed by atoms with van der Waals surface area (Å²) in [6, 6.07) is 6.54. The van der Waals surface area contributed by atoms with Crippen LogP contribution in [0.3, 0.4) is 0 Å². The molecule has 5 heterocycles. The third-order valence-electron chi connectivity index (χ3n) is 9.16. The molecule has 4 aliphatic rings. The first-order valence-electron chi connectivity index (χ1n) is 13.5. The van der Waals surface area contributed by atoms with Gasteiger partial charge in [-0.25, -0.2) is 0 Å². The summed E-state index contributed by atoms with van der Waals surface area (Å²) < 4.78 is 19.2. The molecule has 3 saturated heterocycles. The second kappa shape index (κ2) is 9.67. The maximum atomic E-state index is 10.7. The number of rotatable bonds is 6. The number of fused-ring (bicyclic) bond motifs is 4. The fourth-order valence-corrected chi connectivity index (χ4v) is 7.41. The van der Waals surface area contributed by atoms with E-state index in [1.54, 1.807) is 7.11 Å². The van der Waals surface area contributed by atoms with Gasteiger partial charge in [-0.05, 0) is 55.2 Å². The molecule has 1 N–H and O–H groups in total. The highest BCUT2D eigenvalue weighted by molar-refractivity contribution is 5.89. The third-order valence-corrected chi connectivity index (χ3v) is 9.16. The highest BCUT2D eigenvalue weighted by Crippen LogP contribution is 2.50. The molecule has 3 fully saturated rings. The molecule has 0 aliphatic carbocycles. The Morgan fingerprint density at radius 3 is 2.26 bits per heavy atom. The molecule has 1 aromatic heterocycles. The van der Waals surface area contributed by atoms with Gasteiger partial charge in [-0.3, -0.25) is 4.90 Å². The summed E-state index contributed by atoms with van der Waals surface area (Å²) in [6.45, 7) is 9.17. The summed E-state index contributed by atoms with van der Waals surface area (Å²) >= 11 is 0. The number of hydrogen-bond donors (Lipinski definition) is 1. The van der Waals surface area contributed by atoms with E-state index in [1.807, 2.05) is 0 Å². The highest BCUT2D eigenvalue weighted by Gasteiger charge is 2.53. The van der Waals surface area contributed by atoms with Crippen molar-refractivity contribution in [2.75, 3.05) is 72.9 Å². The molecule has 0 amide bonds. The van der Waals surface area contributed by atoms with E-state index in [9.17, 15) is 5.11 Å². The van der Waals surface area contributed by atoms with Crippen molar-refractivity contribution < 1.29 is 19.3 Å². The lowest BCUT2D eigenvalue weighted by molar-refractivity contribution is -0.0343. The summed E-state index contributed by atoms with van der Waals surface area (Å²) in [4.78, 5) is 5.29. The minimum Gasteiger partial charge on any atom is -0.497 e. The predicted octanol–water partition coefficient (Wildman–Crippen LogP) is 2.94. The topological polar surface area (TPSA) is 59.3 Å². The smallest absolute Gasteiger partial charge is 0.120 e. The quantitative estimate of drug-likeness (QED) is 0.682. The zero-order valence-electron chi connectivity index (χ0n) is 21.4. The summed E-state index contributed by atoms with van der Waals surface area (Å²) in [5, 5.41) is 12.0. The zero-order valence-corrected chi connectivity index (χ0v) is 21.4. The van der Waals surface area contributed by atoms with Crippen molar-refractivity contribution in [2.24, 2.45) is 18.9 Å². The average molecular weight is 484 g/mol. The van der Waals surface area contributed by atoms with E-state index in [0.717, 1.165) is 77.1 Å². The summed E-state index contributed by atoms with van der Waals surface area (Å²) in [5.41, 5.74) is 4.11. The second-order valence-corrected chi connectivity index (χ2v) is 11.4. The number of hydrogen-bond acceptors (Lipinski definition) is 6. The maximum absolute atomic E-state index is 10.7. The predicted molar refractivity (Wildman–Crippen MR) is 136 cm³/mol. The second-order valence-electron chi connectivity index (χ2n) is 11.4. The van der Waals surface area contributed by atoms with E-state index in [1.165, 1.54) is 41.5 Å². The van der Waals surface area contributed by atoms with E-state index in [4.69, 9.17) is 14.2 Å². The highest BCUT2D eigenvalue weighted by atomic mass is 16.5. The molecule has 0 unspecified atom stereocenters. The number of benzene rings is 1. The number of methoxy groups -OCH3 is 1. The first-order chi connectivity index (χ1) is 17.1. The van der Waals surface area contributed by atoms with Crippen molar-refractivity contribution >= 4 is 10.9 Å². The molecule has 7 nitrogen and oxygen atoms in total. The van der Waals surface area contributed by atoms with E-state index < -0.39 is 0 Å². The molecule has 0 bridgehead atoms. The fourth-order valence-electron chi connectivity index (χ4n) is 7.41. The normalized spacial score (nSPS) is 26.2. The van der Waals surface area contributed by atoms with Crippen LogP contribution in [0, 0.1) is 11.8 Å². The van der Waals surface area contributed by atoms with Crippen molar-refractivity contribution in [1.82, 2.24) is 14.4 Å². The Labute approximate surface area is 208 Å². The molecular weight excluding hydrogens is 442 g/mol. The van der Waals surface area contributed by atoms with Crippen LogP contribution in [-0.2, 0) is 21.9 Å². The SMILES string of the molecule is COc1ccc2c3c(n(C)c2c1)[C@@H](CO)N(CC1CCOCC1)CC31CN(CC2CCOCC2)C1. The Balaban J connectivity index is 1.36. The maximum Gasteiger partial charge on any atom is 0.120 e. The van der Waals surface area contributed by atoms with Crippen LogP contribution in [0.15, 0.2) is 18.2 Å². The molecule has 192 valence electrons. The molecule has 1 atom stereocenters. The summed E-state index contributed by atoms with van der Waals surface area (Å²) in [7, 11) is 3.91. The van der Waals surface area contributed by atoms with Gasteiger partial charge >= 0.3 is 0 Å². The van der Waals surface area contributed by atoms with Gasteiger partial charge < -0.3 is 28.8 Å². The van der Waals surface area contributed by atoms with Gasteiger partial charge in [0.2, 0.25) is 0 Å². The van der Waals surface area contributed by atoms with Gasteiger partial charge in [-0.2, -0.15) is 0 Å². The van der Waals surface area contributed by atoms with Crippen LogP contribution in [0.5, 0.6) is 5.75 Å².